The fourth-order valence-electron chi connectivity index (χ4n) is 2.68. The molecule has 2 rings (SSSR count). The SMILES string of the molecule is CC(C)c1ccc(C2CCNCC2CO)cc1. The topological polar surface area (TPSA) is 32.3 Å². The average Bonchev–Trinajstić information content (AvgIpc) is 2.39. The van der Waals surface area contributed by atoms with E-state index in [-0.39, 0.29) is 6.61 Å². The number of rotatable bonds is 3. The molecule has 1 saturated heterocycles. The normalized spacial score (nSPS) is 25.2. The summed E-state index contributed by atoms with van der Waals surface area (Å²) in [7, 11) is 0. The molecular formula is C15H23NO. The minimum atomic E-state index is 0.281. The molecule has 0 aromatic heterocycles. The lowest BCUT2D eigenvalue weighted by Gasteiger charge is -2.31. The molecule has 17 heavy (non-hydrogen) atoms. The predicted molar refractivity (Wildman–Crippen MR) is 71.3 cm³/mol. The van der Waals surface area contributed by atoms with Gasteiger partial charge in [0, 0.05) is 19.1 Å². The van der Waals surface area contributed by atoms with E-state index in [1.807, 2.05) is 0 Å². The van der Waals surface area contributed by atoms with Gasteiger partial charge in [-0.25, -0.2) is 0 Å². The summed E-state index contributed by atoms with van der Waals surface area (Å²) in [6, 6.07) is 8.95. The Balaban J connectivity index is 2.15. The van der Waals surface area contributed by atoms with E-state index in [2.05, 4.69) is 43.4 Å². The molecule has 0 radical (unpaired) electrons. The van der Waals surface area contributed by atoms with Crippen LogP contribution in [0.3, 0.4) is 0 Å². The van der Waals surface area contributed by atoms with Crippen LogP contribution in [0, 0.1) is 5.92 Å². The van der Waals surface area contributed by atoms with Gasteiger partial charge in [-0.1, -0.05) is 38.1 Å². The maximum Gasteiger partial charge on any atom is 0.0477 e. The second-order valence-corrected chi connectivity index (χ2v) is 5.36. The van der Waals surface area contributed by atoms with Gasteiger partial charge in [-0.15, -0.1) is 0 Å². The third-order valence-electron chi connectivity index (χ3n) is 3.87. The van der Waals surface area contributed by atoms with Crippen molar-refractivity contribution < 1.29 is 5.11 Å². The zero-order valence-electron chi connectivity index (χ0n) is 10.8. The van der Waals surface area contributed by atoms with Crippen LogP contribution in [-0.2, 0) is 0 Å². The molecule has 1 aliphatic heterocycles. The molecule has 2 heteroatoms. The van der Waals surface area contributed by atoms with Gasteiger partial charge in [0.15, 0.2) is 0 Å². The van der Waals surface area contributed by atoms with E-state index in [0.29, 0.717) is 17.8 Å². The van der Waals surface area contributed by atoms with Crippen molar-refractivity contribution in [2.24, 2.45) is 5.92 Å². The molecular weight excluding hydrogens is 210 g/mol. The number of nitrogens with one attached hydrogen (secondary N) is 1. The summed E-state index contributed by atoms with van der Waals surface area (Å²) in [6.45, 7) is 6.72. The Bertz CT molecular complexity index is 344. The Kier molecular flexibility index (Phi) is 4.19. The maximum atomic E-state index is 9.43. The van der Waals surface area contributed by atoms with Gasteiger partial charge in [-0.05, 0) is 35.9 Å². The minimum Gasteiger partial charge on any atom is -0.396 e. The van der Waals surface area contributed by atoms with Gasteiger partial charge >= 0.3 is 0 Å². The lowest BCUT2D eigenvalue weighted by molar-refractivity contribution is 0.179. The Hall–Kier alpha value is -0.860. The third kappa shape index (κ3) is 2.88. The van der Waals surface area contributed by atoms with Crippen molar-refractivity contribution in [3.63, 3.8) is 0 Å². The van der Waals surface area contributed by atoms with Gasteiger partial charge in [0.1, 0.15) is 0 Å². The van der Waals surface area contributed by atoms with E-state index in [0.717, 1.165) is 19.5 Å². The van der Waals surface area contributed by atoms with Crippen molar-refractivity contribution in [1.82, 2.24) is 5.32 Å². The quantitative estimate of drug-likeness (QED) is 0.840. The van der Waals surface area contributed by atoms with Crippen LogP contribution in [0.4, 0.5) is 0 Å². The molecule has 0 amide bonds. The monoisotopic (exact) mass is 233 g/mol. The second kappa shape index (κ2) is 5.65. The molecule has 0 aliphatic carbocycles. The summed E-state index contributed by atoms with van der Waals surface area (Å²) in [5, 5.41) is 12.8. The van der Waals surface area contributed by atoms with Gasteiger partial charge in [-0.3, -0.25) is 0 Å². The predicted octanol–water partition coefficient (Wildman–Crippen LogP) is 2.50. The number of aliphatic hydroxyl groups excluding tert-OH is 1. The first-order valence-corrected chi connectivity index (χ1v) is 6.63. The lowest BCUT2D eigenvalue weighted by Crippen LogP contribution is -2.37. The largest absolute Gasteiger partial charge is 0.396 e. The smallest absolute Gasteiger partial charge is 0.0477 e. The molecule has 2 N–H and O–H groups in total. The Morgan fingerprint density at radius 1 is 1.29 bits per heavy atom. The van der Waals surface area contributed by atoms with Crippen LogP contribution in [0.5, 0.6) is 0 Å². The van der Waals surface area contributed by atoms with Crippen molar-refractivity contribution in [2.75, 3.05) is 19.7 Å². The summed E-state index contributed by atoms with van der Waals surface area (Å²) >= 11 is 0. The fraction of sp³-hybridized carbons (Fsp3) is 0.600. The van der Waals surface area contributed by atoms with Gasteiger partial charge in [0.2, 0.25) is 0 Å². The number of hydrogen-bond acceptors (Lipinski definition) is 2. The van der Waals surface area contributed by atoms with Crippen molar-refractivity contribution in [3.05, 3.63) is 35.4 Å². The number of aliphatic hydroxyl groups is 1. The van der Waals surface area contributed by atoms with Crippen molar-refractivity contribution in [1.29, 1.82) is 0 Å². The second-order valence-electron chi connectivity index (χ2n) is 5.36. The average molecular weight is 233 g/mol. The van der Waals surface area contributed by atoms with E-state index >= 15 is 0 Å². The van der Waals surface area contributed by atoms with Crippen LogP contribution in [-0.4, -0.2) is 24.8 Å². The standard InChI is InChI=1S/C15H23NO/c1-11(2)12-3-5-13(6-4-12)15-7-8-16-9-14(15)10-17/h3-6,11,14-17H,7-10H2,1-2H3. The number of piperidine rings is 1. The zero-order chi connectivity index (χ0) is 12.3. The summed E-state index contributed by atoms with van der Waals surface area (Å²) < 4.78 is 0. The molecule has 0 bridgehead atoms. The molecule has 94 valence electrons. The highest BCUT2D eigenvalue weighted by Crippen LogP contribution is 2.30. The van der Waals surface area contributed by atoms with Gasteiger partial charge in [-0.2, -0.15) is 0 Å². The number of benzene rings is 1. The molecule has 2 nitrogen and oxygen atoms in total. The van der Waals surface area contributed by atoms with Crippen molar-refractivity contribution >= 4 is 0 Å². The zero-order valence-corrected chi connectivity index (χ0v) is 10.8. The first-order valence-electron chi connectivity index (χ1n) is 6.63. The van der Waals surface area contributed by atoms with Crippen molar-refractivity contribution in [3.8, 4) is 0 Å². The molecule has 1 aromatic carbocycles. The van der Waals surface area contributed by atoms with Crippen LogP contribution in [0.1, 0.15) is 43.2 Å². The maximum absolute atomic E-state index is 9.43. The molecule has 0 saturated carbocycles. The van der Waals surface area contributed by atoms with Crippen molar-refractivity contribution in [2.45, 2.75) is 32.1 Å². The van der Waals surface area contributed by atoms with Crippen LogP contribution < -0.4 is 5.32 Å². The van der Waals surface area contributed by atoms with Crippen LogP contribution in [0.2, 0.25) is 0 Å². The van der Waals surface area contributed by atoms with Gasteiger partial charge < -0.3 is 10.4 Å². The summed E-state index contributed by atoms with van der Waals surface area (Å²) in [4.78, 5) is 0. The van der Waals surface area contributed by atoms with Crippen LogP contribution in [0.15, 0.2) is 24.3 Å². The van der Waals surface area contributed by atoms with E-state index in [1.165, 1.54) is 11.1 Å². The highest BCUT2D eigenvalue weighted by molar-refractivity contribution is 5.28. The highest BCUT2D eigenvalue weighted by Gasteiger charge is 2.25. The Morgan fingerprint density at radius 2 is 2.00 bits per heavy atom. The molecule has 2 unspecified atom stereocenters. The molecule has 1 aromatic rings. The molecule has 1 heterocycles. The lowest BCUT2D eigenvalue weighted by atomic mass is 9.81. The highest BCUT2D eigenvalue weighted by atomic mass is 16.3. The van der Waals surface area contributed by atoms with Crippen LogP contribution in [0.25, 0.3) is 0 Å². The first kappa shape index (κ1) is 12.6. The van der Waals surface area contributed by atoms with Crippen LogP contribution >= 0.6 is 0 Å². The molecule has 2 atom stereocenters. The summed E-state index contributed by atoms with van der Waals surface area (Å²) in [6.07, 6.45) is 1.13. The summed E-state index contributed by atoms with van der Waals surface area (Å²) in [5.74, 6) is 1.47. The Labute approximate surface area is 104 Å². The molecule has 1 fully saturated rings. The first-order chi connectivity index (χ1) is 8.22. The van der Waals surface area contributed by atoms with E-state index in [1.54, 1.807) is 0 Å². The molecule has 0 spiro atoms. The van der Waals surface area contributed by atoms with Gasteiger partial charge in [0.25, 0.3) is 0 Å². The van der Waals surface area contributed by atoms with E-state index in [4.69, 9.17) is 0 Å². The third-order valence-corrected chi connectivity index (χ3v) is 3.87. The van der Waals surface area contributed by atoms with E-state index < -0.39 is 0 Å². The fourth-order valence-corrected chi connectivity index (χ4v) is 2.68. The molecule has 1 aliphatic rings. The summed E-state index contributed by atoms with van der Waals surface area (Å²) in [5.41, 5.74) is 2.78. The Morgan fingerprint density at radius 3 is 2.59 bits per heavy atom. The van der Waals surface area contributed by atoms with Gasteiger partial charge in [0.05, 0.1) is 0 Å². The minimum absolute atomic E-state index is 0.281. The van der Waals surface area contributed by atoms with E-state index in [9.17, 15) is 5.11 Å². The number of hydrogen-bond donors (Lipinski definition) is 2.